The fourth-order valence-corrected chi connectivity index (χ4v) is 2.21. The Kier molecular flexibility index (Phi) is 4.51. The Morgan fingerprint density at radius 1 is 1.54 bits per heavy atom. The summed E-state index contributed by atoms with van der Waals surface area (Å²) in [7, 11) is 0. The Morgan fingerprint density at radius 3 is 2.85 bits per heavy atom. The molecule has 1 aliphatic carbocycles. The summed E-state index contributed by atoms with van der Waals surface area (Å²) in [5, 5.41) is 3.70. The zero-order valence-electron chi connectivity index (χ0n) is 9.05. The van der Waals surface area contributed by atoms with E-state index >= 15 is 0 Å². The first kappa shape index (κ1) is 10.8. The van der Waals surface area contributed by atoms with Crippen molar-refractivity contribution in [3.8, 4) is 0 Å². The van der Waals surface area contributed by atoms with Crippen molar-refractivity contribution in [3.63, 3.8) is 0 Å². The van der Waals surface area contributed by atoms with E-state index in [1.54, 1.807) is 0 Å². The van der Waals surface area contributed by atoms with Crippen molar-refractivity contribution >= 4 is 0 Å². The van der Waals surface area contributed by atoms with Crippen LogP contribution in [-0.2, 0) is 0 Å². The van der Waals surface area contributed by atoms with Crippen LogP contribution in [0.15, 0.2) is 12.7 Å². The maximum absolute atomic E-state index is 3.75. The predicted octanol–water partition coefficient (Wildman–Crippen LogP) is 3.12. The molecule has 0 amide bonds. The molecule has 1 aliphatic rings. The van der Waals surface area contributed by atoms with Crippen LogP contribution >= 0.6 is 0 Å². The highest BCUT2D eigenvalue weighted by atomic mass is 14.9. The minimum absolute atomic E-state index is 0.660. The Balaban J connectivity index is 2.12. The monoisotopic (exact) mass is 181 g/mol. The van der Waals surface area contributed by atoms with Gasteiger partial charge in [-0.3, -0.25) is 0 Å². The molecule has 1 fully saturated rings. The van der Waals surface area contributed by atoms with Crippen LogP contribution in [-0.4, -0.2) is 12.1 Å². The average molecular weight is 181 g/mol. The molecule has 76 valence electrons. The van der Waals surface area contributed by atoms with Gasteiger partial charge in [-0.1, -0.05) is 13.0 Å². The van der Waals surface area contributed by atoms with Gasteiger partial charge < -0.3 is 5.32 Å². The van der Waals surface area contributed by atoms with E-state index in [2.05, 4.69) is 25.7 Å². The quantitative estimate of drug-likeness (QED) is 0.643. The molecule has 1 saturated carbocycles. The predicted molar refractivity (Wildman–Crippen MR) is 58.8 cm³/mol. The van der Waals surface area contributed by atoms with E-state index in [9.17, 15) is 0 Å². The standard InChI is InChI=1S/C12H23N/c1-4-5-6-11(3)13-12-8-7-10(2)9-12/h4,10-13H,1,5-9H2,2-3H3. The Bertz CT molecular complexity index is 153. The molecule has 0 aromatic rings. The van der Waals surface area contributed by atoms with Gasteiger partial charge in [0.15, 0.2) is 0 Å². The van der Waals surface area contributed by atoms with Crippen LogP contribution in [0.25, 0.3) is 0 Å². The van der Waals surface area contributed by atoms with E-state index in [1.165, 1.54) is 25.7 Å². The normalized spacial score (nSPS) is 30.3. The molecule has 0 saturated heterocycles. The maximum atomic E-state index is 3.75. The summed E-state index contributed by atoms with van der Waals surface area (Å²) < 4.78 is 0. The van der Waals surface area contributed by atoms with E-state index in [1.807, 2.05) is 6.08 Å². The first-order chi connectivity index (χ1) is 6.22. The van der Waals surface area contributed by atoms with Crippen molar-refractivity contribution in [1.82, 2.24) is 5.32 Å². The molecule has 1 nitrogen and oxygen atoms in total. The highest BCUT2D eigenvalue weighted by Gasteiger charge is 2.21. The molecule has 1 N–H and O–H groups in total. The molecule has 13 heavy (non-hydrogen) atoms. The second-order valence-corrected chi connectivity index (χ2v) is 4.55. The van der Waals surface area contributed by atoms with Gasteiger partial charge in [-0.2, -0.15) is 0 Å². The van der Waals surface area contributed by atoms with E-state index in [0.717, 1.165) is 18.4 Å². The first-order valence-electron chi connectivity index (χ1n) is 5.59. The van der Waals surface area contributed by atoms with E-state index < -0.39 is 0 Å². The molecule has 0 aliphatic heterocycles. The van der Waals surface area contributed by atoms with Crippen molar-refractivity contribution in [2.45, 2.75) is 58.0 Å². The number of hydrogen-bond acceptors (Lipinski definition) is 1. The lowest BCUT2D eigenvalue weighted by molar-refractivity contribution is 0.425. The molecular weight excluding hydrogens is 158 g/mol. The molecule has 0 aromatic carbocycles. The van der Waals surface area contributed by atoms with Gasteiger partial charge in [-0.05, 0) is 44.9 Å². The lowest BCUT2D eigenvalue weighted by Crippen LogP contribution is -2.34. The smallest absolute Gasteiger partial charge is 0.00721 e. The van der Waals surface area contributed by atoms with Crippen LogP contribution < -0.4 is 5.32 Å². The van der Waals surface area contributed by atoms with Gasteiger partial charge in [0, 0.05) is 12.1 Å². The van der Waals surface area contributed by atoms with Crippen LogP contribution in [0.2, 0.25) is 0 Å². The second-order valence-electron chi connectivity index (χ2n) is 4.55. The summed E-state index contributed by atoms with van der Waals surface area (Å²) >= 11 is 0. The van der Waals surface area contributed by atoms with Gasteiger partial charge in [0.2, 0.25) is 0 Å². The van der Waals surface area contributed by atoms with Crippen LogP contribution in [0, 0.1) is 5.92 Å². The van der Waals surface area contributed by atoms with E-state index in [4.69, 9.17) is 0 Å². The third-order valence-electron chi connectivity index (χ3n) is 3.02. The lowest BCUT2D eigenvalue weighted by Gasteiger charge is -2.18. The number of hydrogen-bond donors (Lipinski definition) is 1. The number of allylic oxidation sites excluding steroid dienone is 1. The largest absolute Gasteiger partial charge is 0.311 e. The van der Waals surface area contributed by atoms with Crippen LogP contribution in [0.1, 0.15) is 46.0 Å². The zero-order valence-corrected chi connectivity index (χ0v) is 9.05. The topological polar surface area (TPSA) is 12.0 Å². The van der Waals surface area contributed by atoms with Crippen molar-refractivity contribution in [1.29, 1.82) is 0 Å². The molecule has 1 rings (SSSR count). The van der Waals surface area contributed by atoms with Crippen LogP contribution in [0.4, 0.5) is 0 Å². The third-order valence-corrected chi connectivity index (χ3v) is 3.02. The van der Waals surface area contributed by atoms with Crippen molar-refractivity contribution < 1.29 is 0 Å². The molecule has 0 aromatic heterocycles. The summed E-state index contributed by atoms with van der Waals surface area (Å²) in [5.74, 6) is 0.934. The molecular formula is C12H23N. The van der Waals surface area contributed by atoms with Gasteiger partial charge in [0.05, 0.1) is 0 Å². The Labute approximate surface area is 82.6 Å². The highest BCUT2D eigenvalue weighted by Crippen LogP contribution is 2.25. The fourth-order valence-electron chi connectivity index (χ4n) is 2.21. The van der Waals surface area contributed by atoms with Gasteiger partial charge in [0.25, 0.3) is 0 Å². The second kappa shape index (κ2) is 5.43. The third kappa shape index (κ3) is 3.95. The molecule has 0 radical (unpaired) electrons. The van der Waals surface area contributed by atoms with Crippen LogP contribution in [0.5, 0.6) is 0 Å². The Morgan fingerprint density at radius 2 is 2.31 bits per heavy atom. The first-order valence-corrected chi connectivity index (χ1v) is 5.59. The Hall–Kier alpha value is -0.300. The van der Waals surface area contributed by atoms with Crippen molar-refractivity contribution in [2.75, 3.05) is 0 Å². The van der Waals surface area contributed by atoms with Gasteiger partial charge >= 0.3 is 0 Å². The average Bonchev–Trinajstić information content (AvgIpc) is 2.48. The van der Waals surface area contributed by atoms with Crippen LogP contribution in [0.3, 0.4) is 0 Å². The fraction of sp³-hybridized carbons (Fsp3) is 0.833. The molecule has 3 unspecified atom stereocenters. The number of rotatable bonds is 5. The summed E-state index contributed by atoms with van der Waals surface area (Å²) in [4.78, 5) is 0. The van der Waals surface area contributed by atoms with E-state index in [0.29, 0.717) is 6.04 Å². The minimum Gasteiger partial charge on any atom is -0.311 e. The molecule has 0 heterocycles. The maximum Gasteiger partial charge on any atom is 0.00721 e. The van der Waals surface area contributed by atoms with Gasteiger partial charge in [-0.15, -0.1) is 6.58 Å². The lowest BCUT2D eigenvalue weighted by atomic mass is 10.1. The van der Waals surface area contributed by atoms with E-state index in [-0.39, 0.29) is 0 Å². The van der Waals surface area contributed by atoms with Gasteiger partial charge in [0.1, 0.15) is 0 Å². The molecule has 3 atom stereocenters. The molecule has 1 heteroatoms. The van der Waals surface area contributed by atoms with Gasteiger partial charge in [-0.25, -0.2) is 0 Å². The minimum atomic E-state index is 0.660. The zero-order chi connectivity index (χ0) is 9.68. The SMILES string of the molecule is C=CCCC(C)NC1CCC(C)C1. The van der Waals surface area contributed by atoms with Crippen molar-refractivity contribution in [3.05, 3.63) is 12.7 Å². The summed E-state index contributed by atoms with van der Waals surface area (Å²) in [5.41, 5.74) is 0. The summed E-state index contributed by atoms with van der Waals surface area (Å²) in [6.45, 7) is 8.39. The highest BCUT2D eigenvalue weighted by molar-refractivity contribution is 4.81. The number of nitrogens with one attached hydrogen (secondary N) is 1. The van der Waals surface area contributed by atoms with Crippen molar-refractivity contribution in [2.24, 2.45) is 5.92 Å². The molecule has 0 bridgehead atoms. The summed E-state index contributed by atoms with van der Waals surface area (Å²) in [6, 6.07) is 1.45. The summed E-state index contributed by atoms with van der Waals surface area (Å²) in [6.07, 6.45) is 8.53. The molecule has 0 spiro atoms.